The molecule has 2 aromatic heterocycles. The lowest BCUT2D eigenvalue weighted by Gasteiger charge is -2.08. The van der Waals surface area contributed by atoms with Crippen LogP contribution >= 0.6 is 0 Å². The molecule has 8 heteroatoms. The first-order chi connectivity index (χ1) is 14.2. The van der Waals surface area contributed by atoms with Crippen molar-refractivity contribution in [3.63, 3.8) is 0 Å². The topological polar surface area (TPSA) is 60.1 Å². The van der Waals surface area contributed by atoms with E-state index in [4.69, 9.17) is 4.42 Å². The lowest BCUT2D eigenvalue weighted by atomic mass is 10.1. The molecule has 2 heterocycles. The van der Waals surface area contributed by atoms with Crippen molar-refractivity contribution in [1.29, 1.82) is 0 Å². The smallest absolute Gasteiger partial charge is 0.416 e. The van der Waals surface area contributed by atoms with E-state index in [1.54, 1.807) is 17.7 Å². The number of carbonyl (C=O) groups excluding carboxylic acids is 1. The molecule has 0 atom stereocenters. The molecule has 1 amide bonds. The largest absolute Gasteiger partial charge is 0.456 e. The lowest BCUT2D eigenvalue weighted by molar-refractivity contribution is -0.137. The van der Waals surface area contributed by atoms with Gasteiger partial charge in [0.15, 0.2) is 11.6 Å². The predicted octanol–water partition coefficient (Wildman–Crippen LogP) is 5.57. The number of aryl methyl sites for hydroxylation is 2. The van der Waals surface area contributed by atoms with Gasteiger partial charge in [0.05, 0.1) is 17.6 Å². The summed E-state index contributed by atoms with van der Waals surface area (Å²) in [6.45, 7) is 3.89. The molecule has 0 bridgehead atoms. The first-order valence-electron chi connectivity index (χ1n) is 9.22. The Bertz CT molecular complexity index is 1200. The Morgan fingerprint density at radius 1 is 1.10 bits per heavy atom. The number of halogens is 3. The molecule has 154 valence electrons. The van der Waals surface area contributed by atoms with Crippen LogP contribution in [0.4, 0.5) is 19.0 Å². The Hall–Kier alpha value is -3.55. The van der Waals surface area contributed by atoms with Crippen molar-refractivity contribution < 1.29 is 22.4 Å². The number of furan rings is 1. The van der Waals surface area contributed by atoms with Crippen molar-refractivity contribution in [1.82, 2.24) is 9.78 Å². The Labute approximate surface area is 170 Å². The fourth-order valence-electron chi connectivity index (χ4n) is 3.17. The molecule has 4 aromatic rings. The van der Waals surface area contributed by atoms with Crippen LogP contribution in [0.1, 0.15) is 33.0 Å². The SMILES string of the molecule is Cc1cc(C(=O)Nc2nn(Cc3ccc(C(F)(F)F)cc3)c3ccccc23)oc1C. The van der Waals surface area contributed by atoms with Gasteiger partial charge >= 0.3 is 6.18 Å². The minimum atomic E-state index is -4.38. The van der Waals surface area contributed by atoms with Crippen molar-refractivity contribution in [2.75, 3.05) is 5.32 Å². The molecule has 5 nitrogen and oxygen atoms in total. The molecule has 0 unspecified atom stereocenters. The number of nitrogens with one attached hydrogen (secondary N) is 1. The maximum atomic E-state index is 12.8. The summed E-state index contributed by atoms with van der Waals surface area (Å²) in [5, 5.41) is 7.96. The maximum absolute atomic E-state index is 12.8. The van der Waals surface area contributed by atoms with Gasteiger partial charge in [-0.2, -0.15) is 18.3 Å². The lowest BCUT2D eigenvalue weighted by Crippen LogP contribution is -2.12. The van der Waals surface area contributed by atoms with E-state index >= 15 is 0 Å². The van der Waals surface area contributed by atoms with Gasteiger partial charge in [-0.1, -0.05) is 24.3 Å². The number of carbonyl (C=O) groups is 1. The van der Waals surface area contributed by atoms with Crippen LogP contribution in [0.15, 0.2) is 59.0 Å². The van der Waals surface area contributed by atoms with Crippen LogP contribution < -0.4 is 5.32 Å². The second-order valence-electron chi connectivity index (χ2n) is 7.02. The molecule has 1 N–H and O–H groups in total. The zero-order valence-electron chi connectivity index (χ0n) is 16.2. The summed E-state index contributed by atoms with van der Waals surface area (Å²) in [6, 6.07) is 13.9. The fraction of sp³-hybridized carbons (Fsp3) is 0.182. The molecular weight excluding hydrogens is 395 g/mol. The molecule has 0 aliphatic carbocycles. The minimum absolute atomic E-state index is 0.186. The van der Waals surface area contributed by atoms with Gasteiger partial charge in [-0.15, -0.1) is 0 Å². The minimum Gasteiger partial charge on any atom is -0.456 e. The van der Waals surface area contributed by atoms with E-state index in [2.05, 4.69) is 10.4 Å². The number of anilines is 1. The average molecular weight is 413 g/mol. The van der Waals surface area contributed by atoms with Crippen LogP contribution in [0.5, 0.6) is 0 Å². The molecule has 0 aliphatic heterocycles. The number of fused-ring (bicyclic) bond motifs is 1. The van der Waals surface area contributed by atoms with Crippen LogP contribution in [0, 0.1) is 13.8 Å². The summed E-state index contributed by atoms with van der Waals surface area (Å²) in [5.41, 5.74) is 1.58. The molecule has 0 saturated carbocycles. The Kier molecular flexibility index (Phi) is 4.85. The van der Waals surface area contributed by atoms with Gasteiger partial charge in [-0.25, -0.2) is 0 Å². The third-order valence-electron chi connectivity index (χ3n) is 4.89. The average Bonchev–Trinajstić information content (AvgIpc) is 3.22. The number of rotatable bonds is 4. The number of aromatic nitrogens is 2. The number of benzene rings is 2. The molecule has 0 radical (unpaired) electrons. The van der Waals surface area contributed by atoms with E-state index in [1.165, 1.54) is 12.1 Å². The summed E-state index contributed by atoms with van der Waals surface area (Å²) >= 11 is 0. The van der Waals surface area contributed by atoms with Gasteiger partial charge < -0.3 is 9.73 Å². The Morgan fingerprint density at radius 2 is 1.80 bits per heavy atom. The standard InChI is InChI=1S/C22H18F3N3O2/c1-13-11-19(30-14(13)2)21(29)26-20-17-5-3-4-6-18(17)28(27-20)12-15-7-9-16(10-8-15)22(23,24)25/h3-11H,12H2,1-2H3,(H,26,27,29). The highest BCUT2D eigenvalue weighted by Gasteiger charge is 2.30. The van der Waals surface area contributed by atoms with E-state index in [1.807, 2.05) is 31.2 Å². The summed E-state index contributed by atoms with van der Waals surface area (Å²) < 4.78 is 45.4. The van der Waals surface area contributed by atoms with E-state index in [-0.39, 0.29) is 12.3 Å². The van der Waals surface area contributed by atoms with Crippen LogP contribution in [0.25, 0.3) is 10.9 Å². The number of para-hydroxylation sites is 1. The summed E-state index contributed by atoms with van der Waals surface area (Å²) in [7, 11) is 0. The van der Waals surface area contributed by atoms with Crippen molar-refractivity contribution in [3.05, 3.63) is 82.8 Å². The van der Waals surface area contributed by atoms with Gasteiger partial charge in [0.2, 0.25) is 0 Å². The van der Waals surface area contributed by atoms with Gasteiger partial charge in [0.25, 0.3) is 5.91 Å². The number of hydrogen-bond acceptors (Lipinski definition) is 3. The van der Waals surface area contributed by atoms with E-state index in [0.717, 1.165) is 28.6 Å². The van der Waals surface area contributed by atoms with Gasteiger partial charge in [0.1, 0.15) is 5.76 Å². The summed E-state index contributed by atoms with van der Waals surface area (Å²) in [6.07, 6.45) is -4.38. The molecule has 2 aromatic carbocycles. The molecule has 0 saturated heterocycles. The second-order valence-corrected chi connectivity index (χ2v) is 7.02. The van der Waals surface area contributed by atoms with Crippen molar-refractivity contribution in [3.8, 4) is 0 Å². The van der Waals surface area contributed by atoms with Crippen LogP contribution in [-0.4, -0.2) is 15.7 Å². The molecule has 4 rings (SSSR count). The fourth-order valence-corrected chi connectivity index (χ4v) is 3.17. The second kappa shape index (κ2) is 7.37. The van der Waals surface area contributed by atoms with Crippen molar-refractivity contribution >= 4 is 22.6 Å². The highest BCUT2D eigenvalue weighted by molar-refractivity contribution is 6.06. The highest BCUT2D eigenvalue weighted by Crippen LogP contribution is 2.30. The molecule has 30 heavy (non-hydrogen) atoms. The third-order valence-corrected chi connectivity index (χ3v) is 4.89. The quantitative estimate of drug-likeness (QED) is 0.476. The first kappa shape index (κ1) is 19.8. The number of alkyl halides is 3. The molecular formula is C22H18F3N3O2. The van der Waals surface area contributed by atoms with E-state index < -0.39 is 17.6 Å². The monoisotopic (exact) mass is 413 g/mol. The van der Waals surface area contributed by atoms with Crippen LogP contribution in [-0.2, 0) is 12.7 Å². The Morgan fingerprint density at radius 3 is 2.43 bits per heavy atom. The molecule has 0 aliphatic rings. The summed E-state index contributed by atoms with van der Waals surface area (Å²) in [5.74, 6) is 0.787. The van der Waals surface area contributed by atoms with Crippen molar-refractivity contribution in [2.45, 2.75) is 26.6 Å². The van der Waals surface area contributed by atoms with Crippen LogP contribution in [0.3, 0.4) is 0 Å². The van der Waals surface area contributed by atoms with E-state index in [9.17, 15) is 18.0 Å². The number of nitrogens with zero attached hydrogens (tertiary/aromatic N) is 2. The predicted molar refractivity (Wildman–Crippen MR) is 106 cm³/mol. The third kappa shape index (κ3) is 3.80. The number of amides is 1. The van der Waals surface area contributed by atoms with Gasteiger partial charge in [-0.3, -0.25) is 9.48 Å². The summed E-state index contributed by atoms with van der Waals surface area (Å²) in [4.78, 5) is 12.6. The maximum Gasteiger partial charge on any atom is 0.416 e. The number of hydrogen-bond donors (Lipinski definition) is 1. The van der Waals surface area contributed by atoms with Gasteiger partial charge in [-0.05, 0) is 55.3 Å². The molecule has 0 fully saturated rings. The molecule has 0 spiro atoms. The van der Waals surface area contributed by atoms with Crippen molar-refractivity contribution in [2.24, 2.45) is 0 Å². The zero-order chi connectivity index (χ0) is 21.5. The normalized spacial score (nSPS) is 11.8. The van der Waals surface area contributed by atoms with Gasteiger partial charge in [0, 0.05) is 5.39 Å². The first-order valence-corrected chi connectivity index (χ1v) is 9.22. The van der Waals surface area contributed by atoms with E-state index in [0.29, 0.717) is 17.1 Å². The highest BCUT2D eigenvalue weighted by atomic mass is 19.4. The van der Waals surface area contributed by atoms with Crippen LogP contribution in [0.2, 0.25) is 0 Å². The Balaban J connectivity index is 1.63. The zero-order valence-corrected chi connectivity index (χ0v) is 16.2.